The summed E-state index contributed by atoms with van der Waals surface area (Å²) >= 11 is 0. The van der Waals surface area contributed by atoms with Crippen LogP contribution in [0.3, 0.4) is 0 Å². The largest absolute Gasteiger partial charge is 0.411 e. The van der Waals surface area contributed by atoms with Crippen molar-refractivity contribution in [3.63, 3.8) is 0 Å². The minimum atomic E-state index is -4.29. The van der Waals surface area contributed by atoms with Gasteiger partial charge < -0.3 is 15.4 Å². The fourth-order valence-electron chi connectivity index (χ4n) is 2.45. The first-order chi connectivity index (χ1) is 12.0. The molecule has 0 unspecified atom stereocenters. The smallest absolute Gasteiger partial charge is 0.367 e. The molecule has 2 N–H and O–H groups in total. The molecule has 8 heteroatoms. The molecule has 0 saturated heterocycles. The number of guanidine groups is 1. The highest BCUT2D eigenvalue weighted by Crippen LogP contribution is 2.33. The summed E-state index contributed by atoms with van der Waals surface area (Å²) in [6, 6.07) is 7.30. The Morgan fingerprint density at radius 1 is 1.15 bits per heavy atom. The Labute approximate surface area is 170 Å². The van der Waals surface area contributed by atoms with E-state index in [1.165, 1.54) is 19.3 Å². The number of aliphatic imine (C=N–C) groups is 1. The number of nitrogens with zero attached hydrogens (tertiary/aromatic N) is 1. The van der Waals surface area contributed by atoms with Gasteiger partial charge in [-0.3, -0.25) is 4.99 Å². The van der Waals surface area contributed by atoms with Gasteiger partial charge >= 0.3 is 6.18 Å². The predicted octanol–water partition coefficient (Wildman–Crippen LogP) is 4.24. The number of alkyl halides is 3. The normalized spacial score (nSPS) is 14.7. The average Bonchev–Trinajstić information content (AvgIpc) is 3.38. The van der Waals surface area contributed by atoms with Crippen LogP contribution >= 0.6 is 24.0 Å². The first-order valence-electron chi connectivity index (χ1n) is 8.63. The Morgan fingerprint density at radius 2 is 1.81 bits per heavy atom. The lowest BCUT2D eigenvalue weighted by atomic mass is 10.1. The van der Waals surface area contributed by atoms with Gasteiger partial charge in [0.1, 0.15) is 6.61 Å². The number of benzene rings is 1. The number of ether oxygens (including phenoxy) is 1. The van der Waals surface area contributed by atoms with E-state index in [4.69, 9.17) is 0 Å². The van der Waals surface area contributed by atoms with E-state index in [1.807, 2.05) is 12.1 Å². The third-order valence-corrected chi connectivity index (χ3v) is 4.02. The molecule has 0 aromatic heterocycles. The Hall–Kier alpha value is -1.03. The first-order valence-corrected chi connectivity index (χ1v) is 8.63. The predicted molar refractivity (Wildman–Crippen MR) is 108 cm³/mol. The minimum absolute atomic E-state index is 0. The molecule has 26 heavy (non-hydrogen) atoms. The molecule has 0 radical (unpaired) electrons. The summed E-state index contributed by atoms with van der Waals surface area (Å²) < 4.78 is 40.8. The highest BCUT2D eigenvalue weighted by molar-refractivity contribution is 14.0. The molecule has 0 heterocycles. The zero-order valence-corrected chi connectivity index (χ0v) is 17.3. The lowest BCUT2D eigenvalue weighted by Crippen LogP contribution is -2.37. The standard InChI is InChI=1S/C18H26F3N3O.HI/c1-22-17(23-10-2-3-14-4-5-14)24-11-15-6-8-16(9-7-15)12-25-13-18(19,20)21;/h6-9,14H,2-5,10-13H2,1H3,(H2,22,23,24);1H. The van der Waals surface area contributed by atoms with Crippen molar-refractivity contribution >= 4 is 29.9 Å². The van der Waals surface area contributed by atoms with Crippen LogP contribution in [0.5, 0.6) is 0 Å². The molecule has 0 amide bonds. The summed E-state index contributed by atoms with van der Waals surface area (Å²) in [5.74, 6) is 1.70. The van der Waals surface area contributed by atoms with Crippen LogP contribution in [0.15, 0.2) is 29.3 Å². The van der Waals surface area contributed by atoms with Crippen molar-refractivity contribution < 1.29 is 17.9 Å². The summed E-state index contributed by atoms with van der Waals surface area (Å²) in [6.07, 6.45) is 0.902. The van der Waals surface area contributed by atoms with Gasteiger partial charge in [-0.1, -0.05) is 37.1 Å². The molecule has 1 fully saturated rings. The second-order valence-electron chi connectivity index (χ2n) is 6.36. The van der Waals surface area contributed by atoms with Gasteiger partial charge in [0.05, 0.1) is 6.61 Å². The van der Waals surface area contributed by atoms with Crippen molar-refractivity contribution in [2.24, 2.45) is 10.9 Å². The van der Waals surface area contributed by atoms with Gasteiger partial charge in [0.15, 0.2) is 5.96 Å². The van der Waals surface area contributed by atoms with Crippen LogP contribution in [0, 0.1) is 5.92 Å². The van der Waals surface area contributed by atoms with E-state index < -0.39 is 12.8 Å². The lowest BCUT2D eigenvalue weighted by Gasteiger charge is -2.12. The molecule has 4 nitrogen and oxygen atoms in total. The van der Waals surface area contributed by atoms with Crippen molar-refractivity contribution in [1.82, 2.24) is 10.6 Å². The maximum atomic E-state index is 12.0. The lowest BCUT2D eigenvalue weighted by molar-refractivity contribution is -0.176. The van der Waals surface area contributed by atoms with Gasteiger partial charge in [0.2, 0.25) is 0 Å². The molecular formula is C18H27F3IN3O. The van der Waals surface area contributed by atoms with Crippen molar-refractivity contribution in [1.29, 1.82) is 0 Å². The summed E-state index contributed by atoms with van der Waals surface area (Å²) in [6.45, 7) is 0.244. The molecule has 0 aliphatic heterocycles. The average molecular weight is 485 g/mol. The van der Waals surface area contributed by atoms with Crippen LogP contribution in [0.2, 0.25) is 0 Å². The van der Waals surface area contributed by atoms with E-state index in [0.717, 1.165) is 36.0 Å². The second-order valence-corrected chi connectivity index (χ2v) is 6.36. The van der Waals surface area contributed by atoms with Crippen molar-refractivity contribution in [2.45, 2.75) is 45.0 Å². The van der Waals surface area contributed by atoms with E-state index in [2.05, 4.69) is 20.4 Å². The van der Waals surface area contributed by atoms with Gasteiger partial charge in [-0.25, -0.2) is 0 Å². The van der Waals surface area contributed by atoms with Crippen LogP contribution < -0.4 is 10.6 Å². The van der Waals surface area contributed by atoms with Gasteiger partial charge in [0.25, 0.3) is 0 Å². The summed E-state index contributed by atoms with van der Waals surface area (Å²) in [7, 11) is 1.73. The maximum absolute atomic E-state index is 12.0. The molecule has 0 atom stereocenters. The Bertz CT molecular complexity index is 546. The van der Waals surface area contributed by atoms with Crippen LogP contribution in [0.4, 0.5) is 13.2 Å². The quantitative estimate of drug-likeness (QED) is 0.238. The monoisotopic (exact) mass is 485 g/mol. The molecule has 148 valence electrons. The molecular weight excluding hydrogens is 458 g/mol. The van der Waals surface area contributed by atoms with Gasteiger partial charge in [-0.05, 0) is 29.9 Å². The van der Waals surface area contributed by atoms with E-state index in [9.17, 15) is 13.2 Å². The van der Waals surface area contributed by atoms with Gasteiger partial charge in [-0.15, -0.1) is 24.0 Å². The van der Waals surface area contributed by atoms with E-state index in [1.54, 1.807) is 19.2 Å². The van der Waals surface area contributed by atoms with Crippen molar-refractivity contribution in [3.05, 3.63) is 35.4 Å². The number of nitrogens with one attached hydrogen (secondary N) is 2. The SMILES string of the molecule is CN=C(NCCCC1CC1)NCc1ccc(COCC(F)(F)F)cc1.I. The fraction of sp³-hybridized carbons (Fsp3) is 0.611. The fourth-order valence-corrected chi connectivity index (χ4v) is 2.45. The Kier molecular flexibility index (Phi) is 10.3. The zero-order chi connectivity index (χ0) is 18.1. The molecule has 1 saturated carbocycles. The third kappa shape index (κ3) is 10.2. The molecule has 1 aliphatic rings. The molecule has 1 aliphatic carbocycles. The summed E-state index contributed by atoms with van der Waals surface area (Å²) in [5.41, 5.74) is 1.75. The maximum Gasteiger partial charge on any atom is 0.411 e. The van der Waals surface area contributed by atoms with Gasteiger partial charge in [0, 0.05) is 20.1 Å². The first kappa shape index (κ1) is 23.0. The van der Waals surface area contributed by atoms with Crippen LogP contribution in [0.25, 0.3) is 0 Å². The molecule has 1 aromatic carbocycles. The number of rotatable bonds is 9. The summed E-state index contributed by atoms with van der Waals surface area (Å²) in [5, 5.41) is 6.52. The highest BCUT2D eigenvalue weighted by Gasteiger charge is 2.27. The Morgan fingerprint density at radius 3 is 2.38 bits per heavy atom. The third-order valence-electron chi connectivity index (χ3n) is 4.02. The topological polar surface area (TPSA) is 45.7 Å². The molecule has 0 bridgehead atoms. The second kappa shape index (κ2) is 11.6. The summed E-state index contributed by atoms with van der Waals surface area (Å²) in [4.78, 5) is 4.18. The zero-order valence-electron chi connectivity index (χ0n) is 14.9. The number of hydrogen-bond acceptors (Lipinski definition) is 2. The molecule has 1 aromatic rings. The van der Waals surface area contributed by atoms with Crippen LogP contribution in [0.1, 0.15) is 36.8 Å². The van der Waals surface area contributed by atoms with E-state index >= 15 is 0 Å². The molecule has 0 spiro atoms. The van der Waals surface area contributed by atoms with Crippen LogP contribution in [-0.2, 0) is 17.9 Å². The number of halogens is 4. The molecule has 2 rings (SSSR count). The van der Waals surface area contributed by atoms with Crippen LogP contribution in [-0.4, -0.2) is 32.3 Å². The van der Waals surface area contributed by atoms with Crippen molar-refractivity contribution in [3.8, 4) is 0 Å². The van der Waals surface area contributed by atoms with E-state index in [0.29, 0.717) is 6.54 Å². The minimum Gasteiger partial charge on any atom is -0.367 e. The van der Waals surface area contributed by atoms with Gasteiger partial charge in [-0.2, -0.15) is 13.2 Å². The highest BCUT2D eigenvalue weighted by atomic mass is 127. The van der Waals surface area contributed by atoms with Crippen molar-refractivity contribution in [2.75, 3.05) is 20.2 Å². The Balaban J connectivity index is 0.00000338. The van der Waals surface area contributed by atoms with E-state index in [-0.39, 0.29) is 30.6 Å². The number of hydrogen-bond donors (Lipinski definition) is 2.